The van der Waals surface area contributed by atoms with Gasteiger partial charge in [-0.25, -0.2) is 4.98 Å². The molecule has 0 atom stereocenters. The van der Waals surface area contributed by atoms with E-state index in [0.29, 0.717) is 13.0 Å². The van der Waals surface area contributed by atoms with Gasteiger partial charge in [0, 0.05) is 24.9 Å². The van der Waals surface area contributed by atoms with Crippen LogP contribution in [0.25, 0.3) is 0 Å². The molecule has 0 bridgehead atoms. The molecule has 0 saturated heterocycles. The number of nitrogens with one attached hydrogen (secondary N) is 3. The molecule has 0 aliphatic heterocycles. The lowest BCUT2D eigenvalue weighted by Gasteiger charge is -2.05. The molecule has 2 rings (SSSR count). The molecule has 0 saturated carbocycles. The first-order valence-electron chi connectivity index (χ1n) is 5.81. The Morgan fingerprint density at radius 2 is 2.26 bits per heavy atom. The number of furan rings is 1. The van der Waals surface area contributed by atoms with Gasteiger partial charge in [-0.15, -0.1) is 0 Å². The van der Waals surface area contributed by atoms with E-state index in [2.05, 4.69) is 20.6 Å². The van der Waals surface area contributed by atoms with Crippen molar-refractivity contribution in [2.24, 2.45) is 0 Å². The average molecular weight is 262 g/mol. The summed E-state index contributed by atoms with van der Waals surface area (Å²) in [6.45, 7) is 0.403. The number of carbonyl (C=O) groups is 2. The number of nitrogens with zero attached hydrogens (tertiary/aromatic N) is 1. The van der Waals surface area contributed by atoms with Gasteiger partial charge in [-0.1, -0.05) is 0 Å². The number of hydrogen-bond acceptors (Lipinski definition) is 4. The lowest BCUT2D eigenvalue weighted by molar-refractivity contribution is -0.120. The third-order valence-electron chi connectivity index (χ3n) is 2.43. The largest absolute Gasteiger partial charge is 0.459 e. The Balaban J connectivity index is 1.63. The van der Waals surface area contributed by atoms with Crippen LogP contribution in [0.4, 0.5) is 0 Å². The van der Waals surface area contributed by atoms with Crippen molar-refractivity contribution in [3.05, 3.63) is 42.4 Å². The normalized spacial score (nSPS) is 10.1. The first-order valence-corrected chi connectivity index (χ1v) is 5.81. The molecule has 19 heavy (non-hydrogen) atoms. The summed E-state index contributed by atoms with van der Waals surface area (Å²) < 4.78 is 4.90. The molecule has 3 N–H and O–H groups in total. The summed E-state index contributed by atoms with van der Waals surface area (Å²) >= 11 is 0. The first-order chi connectivity index (χ1) is 9.25. The third kappa shape index (κ3) is 3.98. The van der Waals surface area contributed by atoms with Crippen molar-refractivity contribution in [2.45, 2.75) is 6.42 Å². The third-order valence-corrected chi connectivity index (χ3v) is 2.43. The minimum atomic E-state index is -0.409. The second kappa shape index (κ2) is 6.39. The van der Waals surface area contributed by atoms with E-state index in [0.717, 1.165) is 5.69 Å². The molecular weight excluding hydrogens is 248 g/mol. The Morgan fingerprint density at radius 1 is 1.37 bits per heavy atom. The fourth-order valence-corrected chi connectivity index (χ4v) is 1.48. The molecule has 0 radical (unpaired) electrons. The van der Waals surface area contributed by atoms with Gasteiger partial charge >= 0.3 is 0 Å². The molecule has 0 spiro atoms. The lowest BCUT2D eigenvalue weighted by atomic mass is 10.3. The van der Waals surface area contributed by atoms with Crippen molar-refractivity contribution in [1.29, 1.82) is 0 Å². The van der Waals surface area contributed by atoms with Crippen LogP contribution in [-0.2, 0) is 11.2 Å². The average Bonchev–Trinajstić information content (AvgIpc) is 3.08. The van der Waals surface area contributed by atoms with E-state index in [-0.39, 0.29) is 18.2 Å². The minimum absolute atomic E-state index is 0.0808. The Morgan fingerprint density at radius 3 is 2.95 bits per heavy atom. The SMILES string of the molecule is O=C(CNC(=O)c1ccco1)NCCc1cnc[nH]1. The van der Waals surface area contributed by atoms with Crippen LogP contribution in [0.3, 0.4) is 0 Å². The van der Waals surface area contributed by atoms with E-state index in [1.54, 1.807) is 18.6 Å². The van der Waals surface area contributed by atoms with Crippen LogP contribution in [0.2, 0.25) is 0 Å². The summed E-state index contributed by atoms with van der Waals surface area (Å²) in [5.41, 5.74) is 0.944. The summed E-state index contributed by atoms with van der Waals surface area (Å²) in [5, 5.41) is 5.15. The molecule has 7 nitrogen and oxygen atoms in total. The zero-order chi connectivity index (χ0) is 13.5. The molecule has 2 aromatic rings. The highest BCUT2D eigenvalue weighted by molar-refractivity contribution is 5.94. The van der Waals surface area contributed by atoms with Crippen LogP contribution < -0.4 is 10.6 Å². The molecule has 100 valence electrons. The summed E-state index contributed by atoms with van der Waals surface area (Å²) in [4.78, 5) is 29.7. The van der Waals surface area contributed by atoms with Crippen molar-refractivity contribution in [3.63, 3.8) is 0 Å². The first kappa shape index (κ1) is 12.9. The van der Waals surface area contributed by atoms with E-state index >= 15 is 0 Å². The van der Waals surface area contributed by atoms with Gasteiger partial charge < -0.3 is 20.0 Å². The predicted molar refractivity (Wildman–Crippen MR) is 66.3 cm³/mol. The molecule has 2 aromatic heterocycles. The van der Waals surface area contributed by atoms with Gasteiger partial charge in [0.2, 0.25) is 5.91 Å². The fraction of sp³-hybridized carbons (Fsp3) is 0.250. The van der Waals surface area contributed by atoms with Crippen LogP contribution in [0.5, 0.6) is 0 Å². The number of imidazole rings is 1. The number of aromatic amines is 1. The number of aromatic nitrogens is 2. The molecular formula is C12H14N4O3. The molecule has 0 unspecified atom stereocenters. The van der Waals surface area contributed by atoms with Crippen molar-refractivity contribution in [3.8, 4) is 0 Å². The minimum Gasteiger partial charge on any atom is -0.459 e. The van der Waals surface area contributed by atoms with E-state index in [1.165, 1.54) is 12.3 Å². The van der Waals surface area contributed by atoms with Crippen LogP contribution >= 0.6 is 0 Å². The van der Waals surface area contributed by atoms with Crippen LogP contribution in [0.15, 0.2) is 35.3 Å². The number of amides is 2. The van der Waals surface area contributed by atoms with Gasteiger partial charge in [-0.3, -0.25) is 9.59 Å². The molecule has 7 heteroatoms. The number of hydrogen-bond donors (Lipinski definition) is 3. The second-order valence-corrected chi connectivity index (χ2v) is 3.84. The van der Waals surface area contributed by atoms with Gasteiger partial charge in [0.15, 0.2) is 5.76 Å². The maximum atomic E-state index is 11.5. The zero-order valence-electron chi connectivity index (χ0n) is 10.2. The van der Waals surface area contributed by atoms with Gasteiger partial charge in [0.25, 0.3) is 5.91 Å². The molecule has 0 aromatic carbocycles. The Kier molecular flexibility index (Phi) is 4.33. The maximum Gasteiger partial charge on any atom is 0.287 e. The van der Waals surface area contributed by atoms with Gasteiger partial charge in [0.1, 0.15) is 0 Å². The summed E-state index contributed by atoms with van der Waals surface area (Å²) in [5.74, 6) is -0.474. The van der Waals surface area contributed by atoms with Gasteiger partial charge in [-0.05, 0) is 12.1 Å². The second-order valence-electron chi connectivity index (χ2n) is 3.84. The quantitative estimate of drug-likeness (QED) is 0.687. The topological polar surface area (TPSA) is 100 Å². The Labute approximate surface area is 109 Å². The summed E-state index contributed by atoms with van der Waals surface area (Å²) in [6.07, 6.45) is 5.35. The Bertz CT molecular complexity index is 519. The maximum absolute atomic E-state index is 11.5. The fourth-order valence-electron chi connectivity index (χ4n) is 1.48. The lowest BCUT2D eigenvalue weighted by Crippen LogP contribution is -2.37. The van der Waals surface area contributed by atoms with Gasteiger partial charge in [-0.2, -0.15) is 0 Å². The van der Waals surface area contributed by atoms with E-state index in [4.69, 9.17) is 4.42 Å². The number of rotatable bonds is 6. The predicted octanol–water partition coefficient (Wildman–Crippen LogP) is 0.0914. The van der Waals surface area contributed by atoms with Crippen LogP contribution in [-0.4, -0.2) is 34.9 Å². The number of H-pyrrole nitrogens is 1. The molecule has 0 fully saturated rings. The van der Waals surface area contributed by atoms with Crippen molar-refractivity contribution < 1.29 is 14.0 Å². The molecule has 2 heterocycles. The van der Waals surface area contributed by atoms with Crippen molar-refractivity contribution >= 4 is 11.8 Å². The molecule has 0 aliphatic rings. The van der Waals surface area contributed by atoms with Crippen LogP contribution in [0.1, 0.15) is 16.2 Å². The highest BCUT2D eigenvalue weighted by atomic mass is 16.3. The van der Waals surface area contributed by atoms with Crippen molar-refractivity contribution in [2.75, 3.05) is 13.1 Å². The monoisotopic (exact) mass is 262 g/mol. The Hall–Kier alpha value is -2.57. The summed E-state index contributed by atoms with van der Waals surface area (Å²) in [7, 11) is 0. The van der Waals surface area contributed by atoms with E-state index < -0.39 is 5.91 Å². The highest BCUT2D eigenvalue weighted by Gasteiger charge is 2.09. The zero-order valence-corrected chi connectivity index (χ0v) is 10.2. The molecule has 0 aliphatic carbocycles. The highest BCUT2D eigenvalue weighted by Crippen LogP contribution is 1.98. The standard InChI is InChI=1S/C12H14N4O3/c17-11(14-4-3-9-6-13-8-16-9)7-15-12(18)10-2-1-5-19-10/h1-2,5-6,8H,3-4,7H2,(H,13,16)(H,14,17)(H,15,18). The van der Waals surface area contributed by atoms with E-state index in [9.17, 15) is 9.59 Å². The summed E-state index contributed by atoms with van der Waals surface area (Å²) in [6, 6.07) is 3.14. The van der Waals surface area contributed by atoms with E-state index in [1.807, 2.05) is 0 Å². The van der Waals surface area contributed by atoms with Gasteiger partial charge in [0.05, 0.1) is 19.1 Å². The number of carbonyl (C=O) groups excluding carboxylic acids is 2. The van der Waals surface area contributed by atoms with Crippen molar-refractivity contribution in [1.82, 2.24) is 20.6 Å². The van der Waals surface area contributed by atoms with Crippen LogP contribution in [0, 0.1) is 0 Å². The molecule has 2 amide bonds. The smallest absolute Gasteiger partial charge is 0.287 e.